The number of carbonyl (C=O) groups excluding carboxylic acids is 2. The first kappa shape index (κ1) is 21.5. The van der Waals surface area contributed by atoms with Crippen LogP contribution in [-0.4, -0.2) is 48.6 Å². The first-order chi connectivity index (χ1) is 15.6. The molecule has 1 amide bonds. The summed E-state index contributed by atoms with van der Waals surface area (Å²) in [5, 5.41) is 3.71. The van der Waals surface area contributed by atoms with Crippen molar-refractivity contribution < 1.29 is 23.2 Å². The molecule has 0 aliphatic carbocycles. The van der Waals surface area contributed by atoms with E-state index in [1.807, 2.05) is 0 Å². The van der Waals surface area contributed by atoms with Gasteiger partial charge in [-0.3, -0.25) is 9.36 Å². The summed E-state index contributed by atoms with van der Waals surface area (Å²) in [6.45, 7) is 5.65. The molecule has 0 radical (unpaired) electrons. The molecule has 0 spiro atoms. The van der Waals surface area contributed by atoms with Crippen molar-refractivity contribution in [2.24, 2.45) is 5.73 Å². The lowest BCUT2D eigenvalue weighted by Crippen LogP contribution is -2.44. The fourth-order valence-electron chi connectivity index (χ4n) is 3.97. The Bertz CT molecular complexity index is 1300. The summed E-state index contributed by atoms with van der Waals surface area (Å²) in [5.74, 6) is -1.76. The van der Waals surface area contributed by atoms with Gasteiger partial charge in [0, 0.05) is 6.54 Å². The molecular weight excluding hydrogens is 455 g/mol. The molecule has 2 aliphatic rings. The maximum absolute atomic E-state index is 14.1. The molecule has 0 saturated carbocycles. The quantitative estimate of drug-likeness (QED) is 0.573. The van der Waals surface area contributed by atoms with E-state index < -0.39 is 23.4 Å². The number of esters is 1. The number of ether oxygens (including phenoxy) is 1. The Kier molecular flexibility index (Phi) is 4.80. The lowest BCUT2D eigenvalue weighted by atomic mass is 9.97. The standard InChI is InChI=1S/C21H20ClFN6O4/c1-21(2,3)32-20(31)14(24)18-26-17(27-33-18)15-16-11-6-7-28(11)19(30)12-10(29(16)8-25-15)5-4-9(23)13(12)22/h4-5,8,11,14H,6-7,24H2,1-3H3/t11-,14?/m0/s1. The van der Waals surface area contributed by atoms with Crippen LogP contribution in [0.2, 0.25) is 5.02 Å². The van der Waals surface area contributed by atoms with Crippen molar-refractivity contribution in [3.63, 3.8) is 0 Å². The summed E-state index contributed by atoms with van der Waals surface area (Å²) in [7, 11) is 0. The maximum Gasteiger partial charge on any atom is 0.333 e. The number of hydrogen-bond donors (Lipinski definition) is 1. The minimum atomic E-state index is -1.27. The molecule has 5 rings (SSSR count). The van der Waals surface area contributed by atoms with Gasteiger partial charge in [0.2, 0.25) is 5.82 Å². The molecule has 10 nitrogen and oxygen atoms in total. The number of halogens is 2. The molecule has 1 aromatic carbocycles. The van der Waals surface area contributed by atoms with Gasteiger partial charge in [-0.15, -0.1) is 0 Å². The van der Waals surface area contributed by atoms with Gasteiger partial charge in [-0.05, 0) is 39.3 Å². The highest BCUT2D eigenvalue weighted by Gasteiger charge is 2.43. The maximum atomic E-state index is 14.1. The minimum absolute atomic E-state index is 0.0739. The molecule has 2 aromatic heterocycles. The van der Waals surface area contributed by atoms with Crippen molar-refractivity contribution in [2.45, 2.75) is 44.9 Å². The number of rotatable bonds is 3. The molecule has 1 unspecified atom stereocenters. The molecule has 12 heteroatoms. The van der Waals surface area contributed by atoms with Crippen molar-refractivity contribution in [1.29, 1.82) is 0 Å². The predicted octanol–water partition coefficient (Wildman–Crippen LogP) is 2.96. The Morgan fingerprint density at radius 3 is 2.82 bits per heavy atom. The number of nitrogens with zero attached hydrogens (tertiary/aromatic N) is 5. The highest BCUT2D eigenvalue weighted by atomic mass is 35.5. The van der Waals surface area contributed by atoms with E-state index in [2.05, 4.69) is 15.1 Å². The Balaban J connectivity index is 1.57. The zero-order valence-electron chi connectivity index (χ0n) is 18.0. The summed E-state index contributed by atoms with van der Waals surface area (Å²) in [5.41, 5.74) is 6.69. The Hall–Kier alpha value is -3.31. The van der Waals surface area contributed by atoms with Crippen molar-refractivity contribution in [3.05, 3.63) is 46.4 Å². The third kappa shape index (κ3) is 3.39. The van der Waals surface area contributed by atoms with E-state index in [4.69, 9.17) is 26.6 Å². The summed E-state index contributed by atoms with van der Waals surface area (Å²) in [4.78, 5) is 35.7. The second-order valence-corrected chi connectivity index (χ2v) is 9.25. The fraction of sp³-hybridized carbons (Fsp3) is 0.381. The van der Waals surface area contributed by atoms with E-state index >= 15 is 0 Å². The SMILES string of the molecule is CC(C)(C)OC(=O)C(N)c1nc(-c2ncn3c2[C@@H]2CCN2C(=O)c2c-3ccc(F)c2Cl)no1. The van der Waals surface area contributed by atoms with Crippen molar-refractivity contribution in [2.75, 3.05) is 6.54 Å². The minimum Gasteiger partial charge on any atom is -0.458 e. The molecule has 33 heavy (non-hydrogen) atoms. The monoisotopic (exact) mass is 474 g/mol. The van der Waals surface area contributed by atoms with Crippen molar-refractivity contribution in [3.8, 4) is 17.2 Å². The van der Waals surface area contributed by atoms with Crippen molar-refractivity contribution in [1.82, 2.24) is 24.6 Å². The lowest BCUT2D eigenvalue weighted by molar-refractivity contribution is -0.157. The normalized spacial score (nSPS) is 18.1. The summed E-state index contributed by atoms with van der Waals surface area (Å²) in [6.07, 6.45) is 2.16. The largest absolute Gasteiger partial charge is 0.458 e. The van der Waals surface area contributed by atoms with Gasteiger partial charge >= 0.3 is 5.97 Å². The second kappa shape index (κ2) is 7.35. The van der Waals surface area contributed by atoms with E-state index in [1.54, 1.807) is 30.2 Å². The number of carbonyl (C=O) groups is 2. The van der Waals surface area contributed by atoms with Gasteiger partial charge in [0.1, 0.15) is 23.4 Å². The molecule has 0 bridgehead atoms. The molecule has 2 atom stereocenters. The van der Waals surface area contributed by atoms with Crippen LogP contribution in [0.3, 0.4) is 0 Å². The third-order valence-corrected chi connectivity index (χ3v) is 5.90. The van der Waals surface area contributed by atoms with E-state index in [0.717, 1.165) is 0 Å². The van der Waals surface area contributed by atoms with Gasteiger partial charge in [-0.25, -0.2) is 14.2 Å². The van der Waals surface area contributed by atoms with Crippen LogP contribution in [0.1, 0.15) is 61.2 Å². The van der Waals surface area contributed by atoms with Gasteiger partial charge in [0.25, 0.3) is 11.8 Å². The lowest BCUT2D eigenvalue weighted by Gasteiger charge is -2.39. The molecule has 1 fully saturated rings. The van der Waals surface area contributed by atoms with Crippen molar-refractivity contribution >= 4 is 23.5 Å². The average Bonchev–Trinajstić information content (AvgIpc) is 3.33. The first-order valence-corrected chi connectivity index (χ1v) is 10.6. The van der Waals surface area contributed by atoms with Crippen LogP contribution in [0.4, 0.5) is 4.39 Å². The molecule has 172 valence electrons. The summed E-state index contributed by atoms with van der Waals surface area (Å²) < 4.78 is 26.3. The number of hydrogen-bond acceptors (Lipinski definition) is 8. The topological polar surface area (TPSA) is 129 Å². The average molecular weight is 475 g/mol. The molecular formula is C21H20ClFN6O4. The van der Waals surface area contributed by atoms with E-state index in [-0.39, 0.29) is 34.3 Å². The van der Waals surface area contributed by atoms with Crippen LogP contribution in [0.5, 0.6) is 0 Å². The van der Waals surface area contributed by atoms with E-state index in [1.165, 1.54) is 18.5 Å². The van der Waals surface area contributed by atoms with Crippen LogP contribution in [-0.2, 0) is 9.53 Å². The Labute approximate surface area is 192 Å². The third-order valence-electron chi connectivity index (χ3n) is 5.53. The number of benzene rings is 1. The van der Waals surface area contributed by atoms with Gasteiger partial charge in [0.05, 0.1) is 28.0 Å². The second-order valence-electron chi connectivity index (χ2n) is 8.87. The van der Waals surface area contributed by atoms with Crippen LogP contribution < -0.4 is 5.73 Å². The summed E-state index contributed by atoms with van der Waals surface area (Å²) in [6, 6.07) is 1.08. The first-order valence-electron chi connectivity index (χ1n) is 10.3. The van der Waals surface area contributed by atoms with Crippen LogP contribution >= 0.6 is 11.6 Å². The number of amides is 1. The fourth-order valence-corrected chi connectivity index (χ4v) is 4.21. The molecule has 4 heterocycles. The highest BCUT2D eigenvalue weighted by Crippen LogP contribution is 2.44. The van der Waals surface area contributed by atoms with Gasteiger partial charge < -0.3 is 19.9 Å². The molecule has 3 aromatic rings. The molecule has 1 saturated heterocycles. The van der Waals surface area contributed by atoms with E-state index in [9.17, 15) is 14.0 Å². The van der Waals surface area contributed by atoms with E-state index in [0.29, 0.717) is 30.0 Å². The van der Waals surface area contributed by atoms with Crippen LogP contribution in [0.25, 0.3) is 17.2 Å². The predicted molar refractivity (Wildman–Crippen MR) is 113 cm³/mol. The smallest absolute Gasteiger partial charge is 0.333 e. The number of fused-ring (bicyclic) bond motifs is 5. The van der Waals surface area contributed by atoms with Crippen LogP contribution in [0.15, 0.2) is 23.0 Å². The number of aromatic nitrogens is 4. The van der Waals surface area contributed by atoms with Gasteiger partial charge in [-0.2, -0.15) is 4.98 Å². The Morgan fingerprint density at radius 2 is 2.15 bits per heavy atom. The zero-order chi connectivity index (χ0) is 23.7. The Morgan fingerprint density at radius 1 is 1.39 bits per heavy atom. The number of nitrogens with two attached hydrogens (primary N) is 1. The molecule has 2 N–H and O–H groups in total. The van der Waals surface area contributed by atoms with Gasteiger partial charge in [0.15, 0.2) is 6.04 Å². The number of imidazole rings is 1. The highest BCUT2D eigenvalue weighted by molar-refractivity contribution is 6.34. The van der Waals surface area contributed by atoms with Gasteiger partial charge in [-0.1, -0.05) is 16.8 Å². The molecule has 2 aliphatic heterocycles. The zero-order valence-corrected chi connectivity index (χ0v) is 18.8. The van der Waals surface area contributed by atoms with Crippen LogP contribution in [0, 0.1) is 5.82 Å². The summed E-state index contributed by atoms with van der Waals surface area (Å²) >= 11 is 6.17.